The maximum atomic E-state index is 13.4. The maximum absolute atomic E-state index is 13.4. The zero-order valence-corrected chi connectivity index (χ0v) is 20.0. The molecular weight excluding hydrogens is 466 g/mol. The van der Waals surface area contributed by atoms with E-state index < -0.39 is 12.0 Å². The Hall–Kier alpha value is -3.98. The Bertz CT molecular complexity index is 1200. The lowest BCUT2D eigenvalue weighted by Gasteiger charge is -2.29. The van der Waals surface area contributed by atoms with Crippen molar-refractivity contribution in [2.24, 2.45) is 0 Å². The van der Waals surface area contributed by atoms with Gasteiger partial charge in [-0.15, -0.1) is 0 Å². The van der Waals surface area contributed by atoms with E-state index in [1.807, 2.05) is 30.3 Å². The Kier molecular flexibility index (Phi) is 7.57. The largest absolute Gasteiger partial charge is 0.467 e. The summed E-state index contributed by atoms with van der Waals surface area (Å²) in [6, 6.07) is 18.9. The van der Waals surface area contributed by atoms with Crippen LogP contribution < -0.4 is 10.2 Å². The van der Waals surface area contributed by atoms with Crippen LogP contribution in [0.15, 0.2) is 77.4 Å². The van der Waals surface area contributed by atoms with Crippen molar-refractivity contribution in [2.45, 2.75) is 25.4 Å². The van der Waals surface area contributed by atoms with Gasteiger partial charge in [0, 0.05) is 6.54 Å². The van der Waals surface area contributed by atoms with Crippen molar-refractivity contribution in [1.29, 1.82) is 0 Å². The van der Waals surface area contributed by atoms with Crippen molar-refractivity contribution in [2.75, 3.05) is 18.6 Å². The molecule has 180 valence electrons. The summed E-state index contributed by atoms with van der Waals surface area (Å²) in [7, 11) is 1.29. The number of benzene rings is 2. The van der Waals surface area contributed by atoms with Gasteiger partial charge in [-0.25, -0.2) is 9.69 Å². The fourth-order valence-electron chi connectivity index (χ4n) is 3.95. The molecule has 1 aliphatic heterocycles. The summed E-state index contributed by atoms with van der Waals surface area (Å²) in [5.41, 5.74) is 1.88. The van der Waals surface area contributed by atoms with Gasteiger partial charge in [-0.2, -0.15) is 0 Å². The highest BCUT2D eigenvalue weighted by molar-refractivity contribution is 7.80. The number of carbonyl (C=O) groups is 3. The lowest BCUT2D eigenvalue weighted by molar-refractivity contribution is -0.122. The molecule has 8 nitrogen and oxygen atoms in total. The van der Waals surface area contributed by atoms with Gasteiger partial charge in [0.1, 0.15) is 11.8 Å². The predicted molar refractivity (Wildman–Crippen MR) is 134 cm³/mol. The lowest BCUT2D eigenvalue weighted by atomic mass is 10.1. The molecule has 4 rings (SSSR count). The second-order valence-electron chi connectivity index (χ2n) is 8.00. The zero-order chi connectivity index (χ0) is 24.8. The first-order chi connectivity index (χ1) is 17.0. The molecule has 0 spiro atoms. The van der Waals surface area contributed by atoms with Crippen molar-refractivity contribution in [3.63, 3.8) is 0 Å². The van der Waals surface area contributed by atoms with Gasteiger partial charge in [-0.3, -0.25) is 9.59 Å². The quantitative estimate of drug-likeness (QED) is 0.292. The minimum Gasteiger partial charge on any atom is -0.467 e. The summed E-state index contributed by atoms with van der Waals surface area (Å²) in [5.74, 6) is -0.606. The van der Waals surface area contributed by atoms with Crippen LogP contribution in [0.1, 0.15) is 28.1 Å². The summed E-state index contributed by atoms with van der Waals surface area (Å²) < 4.78 is 10.2. The number of rotatable bonds is 8. The van der Waals surface area contributed by atoms with E-state index in [4.69, 9.17) is 21.4 Å². The summed E-state index contributed by atoms with van der Waals surface area (Å²) in [6.45, 7) is 0.814. The third kappa shape index (κ3) is 5.58. The molecule has 2 amide bonds. The number of ether oxygens (including phenoxy) is 1. The van der Waals surface area contributed by atoms with Crippen LogP contribution in [-0.4, -0.2) is 47.5 Å². The Morgan fingerprint density at radius 3 is 2.51 bits per heavy atom. The summed E-state index contributed by atoms with van der Waals surface area (Å²) in [5, 5.41) is 3.59. The molecule has 0 aliphatic carbocycles. The van der Waals surface area contributed by atoms with E-state index in [2.05, 4.69) is 5.32 Å². The molecule has 1 atom stereocenters. The number of nitrogens with zero attached hydrogens (tertiary/aromatic N) is 2. The van der Waals surface area contributed by atoms with Crippen LogP contribution in [-0.2, 0) is 27.3 Å². The molecule has 1 unspecified atom stereocenters. The average Bonchev–Trinajstić information content (AvgIpc) is 3.50. The Balaban J connectivity index is 1.50. The van der Waals surface area contributed by atoms with Gasteiger partial charge in [-0.1, -0.05) is 30.3 Å². The average molecular weight is 492 g/mol. The van der Waals surface area contributed by atoms with Gasteiger partial charge in [0.15, 0.2) is 5.11 Å². The van der Waals surface area contributed by atoms with E-state index in [9.17, 15) is 14.4 Å². The molecule has 1 saturated heterocycles. The number of hydrogen-bond acceptors (Lipinski definition) is 6. The number of esters is 1. The van der Waals surface area contributed by atoms with E-state index in [0.717, 1.165) is 16.9 Å². The Morgan fingerprint density at radius 2 is 1.86 bits per heavy atom. The normalized spacial score (nSPS) is 15.2. The standard InChI is InChI=1S/C26H25N3O5S/c1-33-25(32)19-9-11-20(12-10-19)29-23(30)16-22(24(29)31)28(17-21-8-5-15-34-21)26(35)27-14-13-18-6-3-2-4-7-18/h2-12,15,22H,13-14,16-17H2,1H3,(H,27,35). The monoisotopic (exact) mass is 491 g/mol. The molecule has 1 N–H and O–H groups in total. The van der Waals surface area contributed by atoms with E-state index >= 15 is 0 Å². The summed E-state index contributed by atoms with van der Waals surface area (Å²) in [4.78, 5) is 40.9. The molecule has 0 radical (unpaired) electrons. The van der Waals surface area contributed by atoms with Crippen molar-refractivity contribution < 1.29 is 23.5 Å². The number of methoxy groups -OCH3 is 1. The van der Waals surface area contributed by atoms with E-state index in [1.54, 1.807) is 35.4 Å². The molecule has 2 aromatic carbocycles. The van der Waals surface area contributed by atoms with E-state index in [1.165, 1.54) is 19.2 Å². The molecule has 2 heterocycles. The Labute approximate surface area is 208 Å². The highest BCUT2D eigenvalue weighted by atomic mass is 32.1. The molecule has 1 aromatic heterocycles. The fraction of sp³-hybridized carbons (Fsp3) is 0.231. The first-order valence-electron chi connectivity index (χ1n) is 11.1. The minimum atomic E-state index is -0.787. The van der Waals surface area contributed by atoms with Gasteiger partial charge in [0.05, 0.1) is 37.6 Å². The van der Waals surface area contributed by atoms with Gasteiger partial charge < -0.3 is 19.4 Å². The van der Waals surface area contributed by atoms with Crippen LogP contribution in [0.25, 0.3) is 0 Å². The van der Waals surface area contributed by atoms with Crippen molar-refractivity contribution in [1.82, 2.24) is 10.2 Å². The number of nitrogens with one attached hydrogen (secondary N) is 1. The maximum Gasteiger partial charge on any atom is 0.337 e. The first-order valence-corrected chi connectivity index (χ1v) is 11.5. The van der Waals surface area contributed by atoms with Crippen molar-refractivity contribution >= 4 is 40.8 Å². The predicted octanol–water partition coefficient (Wildman–Crippen LogP) is 3.32. The van der Waals surface area contributed by atoms with E-state index in [-0.39, 0.29) is 24.8 Å². The van der Waals surface area contributed by atoms with Crippen LogP contribution in [0.2, 0.25) is 0 Å². The SMILES string of the molecule is COC(=O)c1ccc(N2C(=O)CC(N(Cc3ccco3)C(=S)NCCc3ccccc3)C2=O)cc1. The van der Waals surface area contributed by atoms with Crippen molar-refractivity contribution in [3.05, 3.63) is 89.9 Å². The molecule has 1 fully saturated rings. The molecule has 3 aromatic rings. The second-order valence-corrected chi connectivity index (χ2v) is 8.39. The van der Waals surface area contributed by atoms with Gasteiger partial charge in [-0.05, 0) is 60.6 Å². The molecule has 0 saturated carbocycles. The van der Waals surface area contributed by atoms with Crippen LogP contribution >= 0.6 is 12.2 Å². The van der Waals surface area contributed by atoms with Crippen LogP contribution in [0, 0.1) is 0 Å². The number of furan rings is 1. The van der Waals surface area contributed by atoms with Crippen LogP contribution in [0.3, 0.4) is 0 Å². The van der Waals surface area contributed by atoms with Crippen LogP contribution in [0.4, 0.5) is 5.69 Å². The number of amides is 2. The van der Waals surface area contributed by atoms with Gasteiger partial charge in [0.2, 0.25) is 5.91 Å². The Morgan fingerprint density at radius 1 is 1.11 bits per heavy atom. The highest BCUT2D eigenvalue weighted by Crippen LogP contribution is 2.27. The molecule has 9 heteroatoms. The number of hydrogen-bond donors (Lipinski definition) is 1. The number of carbonyl (C=O) groups excluding carboxylic acids is 3. The van der Waals surface area contributed by atoms with E-state index in [0.29, 0.717) is 28.7 Å². The minimum absolute atomic E-state index is 0.0290. The van der Waals surface area contributed by atoms with Gasteiger partial charge in [0.25, 0.3) is 5.91 Å². The lowest BCUT2D eigenvalue weighted by Crippen LogP contribution is -2.49. The van der Waals surface area contributed by atoms with Gasteiger partial charge >= 0.3 is 5.97 Å². The summed E-state index contributed by atoms with van der Waals surface area (Å²) in [6.07, 6.45) is 2.28. The number of anilines is 1. The topological polar surface area (TPSA) is 92.1 Å². The number of thiocarbonyl (C=S) groups is 1. The molecular formula is C26H25N3O5S. The fourth-order valence-corrected chi connectivity index (χ4v) is 4.24. The second kappa shape index (κ2) is 11.0. The highest BCUT2D eigenvalue weighted by Gasteiger charge is 2.43. The molecule has 1 aliphatic rings. The number of imide groups is 1. The van der Waals surface area contributed by atoms with Crippen molar-refractivity contribution in [3.8, 4) is 0 Å². The molecule has 35 heavy (non-hydrogen) atoms. The summed E-state index contributed by atoms with van der Waals surface area (Å²) >= 11 is 5.65. The smallest absolute Gasteiger partial charge is 0.337 e. The third-order valence-corrected chi connectivity index (χ3v) is 6.12. The van der Waals surface area contributed by atoms with Crippen LogP contribution in [0.5, 0.6) is 0 Å². The third-order valence-electron chi connectivity index (χ3n) is 5.75. The first kappa shape index (κ1) is 24.2. The molecule has 0 bridgehead atoms. The zero-order valence-electron chi connectivity index (χ0n) is 19.2.